The SMILES string of the molecule is O=C(Cc1ccc(Cl)cc1)NC[C@H](c1cccs1)[NH+]1CCc2ccccc2C1. The quantitative estimate of drug-likeness (QED) is 0.640. The van der Waals surface area contributed by atoms with E-state index in [4.69, 9.17) is 11.6 Å². The highest BCUT2D eigenvalue weighted by atomic mass is 35.5. The molecule has 0 spiro atoms. The fraction of sp³-hybridized carbons (Fsp3) is 0.261. The van der Waals surface area contributed by atoms with Crippen molar-refractivity contribution in [3.8, 4) is 0 Å². The summed E-state index contributed by atoms with van der Waals surface area (Å²) in [5.74, 6) is 0.0562. The number of benzene rings is 2. The van der Waals surface area contributed by atoms with Gasteiger partial charge in [0.2, 0.25) is 5.91 Å². The Hall–Kier alpha value is -2.14. The number of carbonyl (C=O) groups excluding carboxylic acids is 1. The fourth-order valence-electron chi connectivity index (χ4n) is 3.90. The summed E-state index contributed by atoms with van der Waals surface area (Å²) in [6.07, 6.45) is 1.47. The summed E-state index contributed by atoms with van der Waals surface area (Å²) >= 11 is 7.70. The molecule has 1 aromatic heterocycles. The molecule has 2 N–H and O–H groups in total. The van der Waals surface area contributed by atoms with Crippen molar-refractivity contribution in [1.82, 2.24) is 5.32 Å². The van der Waals surface area contributed by atoms with Gasteiger partial charge in [0.05, 0.1) is 24.4 Å². The number of rotatable bonds is 6. The van der Waals surface area contributed by atoms with E-state index < -0.39 is 0 Å². The lowest BCUT2D eigenvalue weighted by atomic mass is 9.98. The third-order valence-electron chi connectivity index (χ3n) is 5.41. The monoisotopic (exact) mass is 411 g/mol. The third kappa shape index (κ3) is 4.64. The molecule has 0 radical (unpaired) electrons. The molecule has 144 valence electrons. The summed E-state index contributed by atoms with van der Waals surface area (Å²) < 4.78 is 0. The maximum absolute atomic E-state index is 12.5. The lowest BCUT2D eigenvalue weighted by Crippen LogP contribution is -3.12. The Morgan fingerprint density at radius 2 is 1.86 bits per heavy atom. The maximum atomic E-state index is 12.5. The molecule has 0 bridgehead atoms. The van der Waals surface area contributed by atoms with Crippen LogP contribution in [0.15, 0.2) is 66.0 Å². The van der Waals surface area contributed by atoms with Gasteiger partial charge in [-0.05, 0) is 34.7 Å². The van der Waals surface area contributed by atoms with Gasteiger partial charge >= 0.3 is 0 Å². The van der Waals surface area contributed by atoms with Gasteiger partial charge in [0, 0.05) is 17.0 Å². The second-order valence-electron chi connectivity index (χ2n) is 7.28. The maximum Gasteiger partial charge on any atom is 0.224 e. The van der Waals surface area contributed by atoms with Gasteiger partial charge < -0.3 is 10.2 Å². The molecule has 2 aromatic carbocycles. The van der Waals surface area contributed by atoms with Gasteiger partial charge in [-0.15, -0.1) is 11.3 Å². The standard InChI is InChI=1S/C23H23ClN2OS/c24-20-9-7-17(8-10-20)14-23(27)25-15-21(22-6-3-13-28-22)26-12-11-18-4-1-2-5-19(18)16-26/h1-10,13,21H,11-12,14-16H2,(H,25,27)/p+1/t21-/m1/s1. The van der Waals surface area contributed by atoms with E-state index in [1.165, 1.54) is 20.9 Å². The molecule has 0 saturated carbocycles. The van der Waals surface area contributed by atoms with Crippen molar-refractivity contribution in [3.63, 3.8) is 0 Å². The molecule has 3 nitrogen and oxygen atoms in total. The Kier molecular flexibility index (Phi) is 6.10. The predicted octanol–water partition coefficient (Wildman–Crippen LogP) is 3.44. The zero-order chi connectivity index (χ0) is 19.3. The van der Waals surface area contributed by atoms with Crippen LogP contribution >= 0.6 is 22.9 Å². The molecule has 3 aromatic rings. The van der Waals surface area contributed by atoms with Crippen LogP contribution in [0, 0.1) is 0 Å². The first-order chi connectivity index (χ1) is 13.7. The van der Waals surface area contributed by atoms with Crippen molar-refractivity contribution in [3.05, 3.63) is 92.6 Å². The van der Waals surface area contributed by atoms with Crippen LogP contribution < -0.4 is 10.2 Å². The first-order valence-electron chi connectivity index (χ1n) is 9.65. The van der Waals surface area contributed by atoms with Gasteiger partial charge in [0.25, 0.3) is 0 Å². The average molecular weight is 412 g/mol. The molecule has 0 saturated heterocycles. The van der Waals surface area contributed by atoms with Crippen molar-refractivity contribution in [1.29, 1.82) is 0 Å². The molecule has 0 fully saturated rings. The summed E-state index contributed by atoms with van der Waals surface area (Å²) in [4.78, 5) is 15.4. The lowest BCUT2D eigenvalue weighted by Gasteiger charge is -2.32. The van der Waals surface area contributed by atoms with Crippen LogP contribution in [0.4, 0.5) is 0 Å². The molecule has 0 aliphatic carbocycles. The van der Waals surface area contributed by atoms with Crippen LogP contribution in [0.25, 0.3) is 0 Å². The number of amides is 1. The molecule has 2 atom stereocenters. The molecule has 1 amide bonds. The van der Waals surface area contributed by atoms with E-state index in [-0.39, 0.29) is 11.9 Å². The Morgan fingerprint density at radius 1 is 1.07 bits per heavy atom. The van der Waals surface area contributed by atoms with Gasteiger partial charge in [0.15, 0.2) is 0 Å². The topological polar surface area (TPSA) is 33.5 Å². The van der Waals surface area contributed by atoms with Crippen molar-refractivity contribution >= 4 is 28.8 Å². The van der Waals surface area contributed by atoms with Gasteiger partial charge in [-0.2, -0.15) is 0 Å². The van der Waals surface area contributed by atoms with Gasteiger partial charge in [-0.25, -0.2) is 0 Å². The minimum atomic E-state index is 0.0562. The molecular formula is C23H24ClN2OS+. The molecule has 2 heterocycles. The number of nitrogens with one attached hydrogen (secondary N) is 2. The summed E-state index contributed by atoms with van der Waals surface area (Å²) in [7, 11) is 0. The first-order valence-corrected chi connectivity index (χ1v) is 10.9. The van der Waals surface area contributed by atoms with Crippen molar-refractivity contribution in [2.75, 3.05) is 13.1 Å². The first kappa shape index (κ1) is 19.2. The minimum Gasteiger partial charge on any atom is -0.349 e. The van der Waals surface area contributed by atoms with E-state index in [1.807, 2.05) is 24.3 Å². The highest BCUT2D eigenvalue weighted by Crippen LogP contribution is 2.19. The highest BCUT2D eigenvalue weighted by molar-refractivity contribution is 7.10. The molecule has 1 unspecified atom stereocenters. The lowest BCUT2D eigenvalue weighted by molar-refractivity contribution is -0.945. The van der Waals surface area contributed by atoms with Crippen molar-refractivity contribution < 1.29 is 9.69 Å². The van der Waals surface area contributed by atoms with E-state index in [0.717, 1.165) is 25.1 Å². The summed E-state index contributed by atoms with van der Waals surface area (Å²) in [5.41, 5.74) is 3.87. The van der Waals surface area contributed by atoms with Crippen LogP contribution in [0.5, 0.6) is 0 Å². The second-order valence-corrected chi connectivity index (χ2v) is 8.69. The number of halogens is 1. The molecule has 5 heteroatoms. The van der Waals surface area contributed by atoms with Gasteiger partial charge in [-0.3, -0.25) is 4.79 Å². The Bertz CT molecular complexity index is 924. The van der Waals surface area contributed by atoms with Crippen LogP contribution in [-0.2, 0) is 24.2 Å². The summed E-state index contributed by atoms with van der Waals surface area (Å²) in [6.45, 7) is 2.75. The Morgan fingerprint density at radius 3 is 2.61 bits per heavy atom. The molecule has 1 aliphatic heterocycles. The molecule has 1 aliphatic rings. The smallest absolute Gasteiger partial charge is 0.224 e. The molecule has 4 rings (SSSR count). The van der Waals surface area contributed by atoms with E-state index in [2.05, 4.69) is 47.1 Å². The zero-order valence-electron chi connectivity index (χ0n) is 15.7. The van der Waals surface area contributed by atoms with E-state index >= 15 is 0 Å². The summed E-state index contributed by atoms with van der Waals surface area (Å²) in [5, 5.41) is 5.98. The van der Waals surface area contributed by atoms with Gasteiger partial charge in [0.1, 0.15) is 12.6 Å². The average Bonchev–Trinajstić information content (AvgIpc) is 3.24. The molecule has 28 heavy (non-hydrogen) atoms. The normalized spacial score (nSPS) is 17.0. The van der Waals surface area contributed by atoms with Crippen LogP contribution in [0.1, 0.15) is 27.6 Å². The van der Waals surface area contributed by atoms with Gasteiger partial charge in [-0.1, -0.05) is 54.1 Å². The van der Waals surface area contributed by atoms with Crippen LogP contribution in [0.3, 0.4) is 0 Å². The van der Waals surface area contributed by atoms with E-state index in [0.29, 0.717) is 18.0 Å². The number of hydrogen-bond acceptors (Lipinski definition) is 2. The second kappa shape index (κ2) is 8.91. The number of quaternary nitrogens is 1. The van der Waals surface area contributed by atoms with Crippen molar-refractivity contribution in [2.45, 2.75) is 25.4 Å². The Labute approximate surface area is 175 Å². The zero-order valence-corrected chi connectivity index (χ0v) is 17.2. The third-order valence-corrected chi connectivity index (χ3v) is 6.65. The Balaban J connectivity index is 1.43. The highest BCUT2D eigenvalue weighted by Gasteiger charge is 2.29. The minimum absolute atomic E-state index is 0.0562. The fourth-order valence-corrected chi connectivity index (χ4v) is 4.91. The molecular weight excluding hydrogens is 388 g/mol. The van der Waals surface area contributed by atoms with Crippen molar-refractivity contribution in [2.24, 2.45) is 0 Å². The largest absolute Gasteiger partial charge is 0.349 e. The number of fused-ring (bicyclic) bond motifs is 1. The van der Waals surface area contributed by atoms with E-state index in [1.54, 1.807) is 11.3 Å². The predicted molar refractivity (Wildman–Crippen MR) is 115 cm³/mol. The number of thiophene rings is 1. The number of hydrogen-bond donors (Lipinski definition) is 2. The van der Waals surface area contributed by atoms with Crippen LogP contribution in [-0.4, -0.2) is 19.0 Å². The summed E-state index contributed by atoms with van der Waals surface area (Å²) in [6, 6.07) is 20.8. The van der Waals surface area contributed by atoms with E-state index in [9.17, 15) is 4.79 Å². The van der Waals surface area contributed by atoms with Crippen LogP contribution in [0.2, 0.25) is 5.02 Å². The number of carbonyl (C=O) groups is 1.